The Morgan fingerprint density at radius 3 is 2.88 bits per heavy atom. The van der Waals surface area contributed by atoms with Crippen molar-refractivity contribution in [3.05, 3.63) is 72.1 Å². The van der Waals surface area contributed by atoms with E-state index in [-0.39, 0.29) is 23.8 Å². The summed E-state index contributed by atoms with van der Waals surface area (Å²) in [4.78, 5) is 38.4. The number of nitrogens with zero attached hydrogens (tertiary/aromatic N) is 5. The molecule has 3 aromatic rings. The third-order valence-electron chi connectivity index (χ3n) is 7.08. The molecule has 3 aromatic heterocycles. The number of nitrogens with one attached hydrogen (secondary N) is 1. The summed E-state index contributed by atoms with van der Waals surface area (Å²) >= 11 is 0. The van der Waals surface area contributed by atoms with Crippen molar-refractivity contribution in [2.45, 2.75) is 45.2 Å². The second kappa shape index (κ2) is 8.50. The van der Waals surface area contributed by atoms with E-state index in [9.17, 15) is 9.59 Å². The molecule has 5 heterocycles. The number of H-pyrrole nitrogens is 1. The topological polar surface area (TPSA) is 87.1 Å². The van der Waals surface area contributed by atoms with Crippen LogP contribution in [0, 0.1) is 5.41 Å². The lowest BCUT2D eigenvalue weighted by atomic mass is 9.70. The minimum absolute atomic E-state index is 0.0362. The molecule has 2 amide bonds. The fourth-order valence-electron chi connectivity index (χ4n) is 5.55. The van der Waals surface area contributed by atoms with Gasteiger partial charge < -0.3 is 14.8 Å². The van der Waals surface area contributed by atoms with Gasteiger partial charge in [-0.15, -0.1) is 0 Å². The number of aromatic nitrogens is 4. The van der Waals surface area contributed by atoms with E-state index in [1.54, 1.807) is 30.9 Å². The molecule has 8 heteroatoms. The molecule has 2 atom stereocenters. The summed E-state index contributed by atoms with van der Waals surface area (Å²) in [6.07, 6.45) is 10.5. The Kier molecular flexibility index (Phi) is 5.52. The van der Waals surface area contributed by atoms with Gasteiger partial charge >= 0.3 is 0 Å². The largest absolute Gasteiger partial charge is 0.367 e. The van der Waals surface area contributed by atoms with E-state index in [1.165, 1.54) is 0 Å². The van der Waals surface area contributed by atoms with Crippen molar-refractivity contribution in [3.8, 4) is 0 Å². The SMILES string of the molecule is CC(C)n1nccc1[C@H]1CN(C(=O)c2cc[nH]c2)C[C@]12CCCN(Cc1cccnc1)C2=O. The molecule has 2 aliphatic rings. The first kappa shape index (κ1) is 21.4. The Balaban J connectivity index is 1.52. The molecule has 0 aromatic carbocycles. The number of piperidine rings is 1. The highest BCUT2D eigenvalue weighted by atomic mass is 16.2. The fourth-order valence-corrected chi connectivity index (χ4v) is 5.55. The van der Waals surface area contributed by atoms with E-state index in [4.69, 9.17) is 0 Å². The van der Waals surface area contributed by atoms with Crippen LogP contribution in [0.4, 0.5) is 0 Å². The minimum Gasteiger partial charge on any atom is -0.367 e. The fraction of sp³-hybridized carbons (Fsp3) is 0.440. The number of carbonyl (C=O) groups excluding carboxylic acids is 2. The van der Waals surface area contributed by atoms with Crippen LogP contribution in [0.15, 0.2) is 55.2 Å². The monoisotopic (exact) mass is 446 g/mol. The van der Waals surface area contributed by atoms with Gasteiger partial charge in [0.25, 0.3) is 5.91 Å². The number of hydrogen-bond acceptors (Lipinski definition) is 4. The lowest BCUT2D eigenvalue weighted by molar-refractivity contribution is -0.147. The number of amides is 2. The summed E-state index contributed by atoms with van der Waals surface area (Å²) in [7, 11) is 0. The van der Waals surface area contributed by atoms with Crippen molar-refractivity contribution in [2.24, 2.45) is 5.41 Å². The van der Waals surface area contributed by atoms with Crippen LogP contribution in [-0.4, -0.2) is 61.0 Å². The smallest absolute Gasteiger partial charge is 0.255 e. The Morgan fingerprint density at radius 1 is 1.27 bits per heavy atom. The zero-order valence-corrected chi connectivity index (χ0v) is 19.1. The van der Waals surface area contributed by atoms with Crippen molar-refractivity contribution >= 4 is 11.8 Å². The average molecular weight is 447 g/mol. The molecule has 0 aliphatic carbocycles. The van der Waals surface area contributed by atoms with E-state index in [1.807, 2.05) is 38.9 Å². The first-order chi connectivity index (χ1) is 16.0. The maximum Gasteiger partial charge on any atom is 0.255 e. The number of pyridine rings is 1. The van der Waals surface area contributed by atoms with Gasteiger partial charge in [-0.1, -0.05) is 6.07 Å². The summed E-state index contributed by atoms with van der Waals surface area (Å²) in [6.45, 7) is 6.38. The Hall–Kier alpha value is -3.42. The van der Waals surface area contributed by atoms with Crippen LogP contribution in [0.5, 0.6) is 0 Å². The quantitative estimate of drug-likeness (QED) is 0.652. The maximum atomic E-state index is 14.1. The molecule has 5 rings (SSSR count). The van der Waals surface area contributed by atoms with E-state index in [2.05, 4.69) is 28.9 Å². The van der Waals surface area contributed by atoms with Crippen LogP contribution >= 0.6 is 0 Å². The maximum absolute atomic E-state index is 14.1. The van der Waals surface area contributed by atoms with E-state index >= 15 is 0 Å². The molecular formula is C25H30N6O2. The van der Waals surface area contributed by atoms with Gasteiger partial charge in [0.05, 0.1) is 11.0 Å². The predicted octanol–water partition coefficient (Wildman–Crippen LogP) is 3.24. The Bertz CT molecular complexity index is 1120. The van der Waals surface area contributed by atoms with Gasteiger partial charge in [0, 0.05) is 74.8 Å². The van der Waals surface area contributed by atoms with Crippen LogP contribution in [0.2, 0.25) is 0 Å². The molecule has 8 nitrogen and oxygen atoms in total. The predicted molar refractivity (Wildman–Crippen MR) is 123 cm³/mol. The van der Waals surface area contributed by atoms with E-state index in [0.717, 1.165) is 30.6 Å². The van der Waals surface area contributed by atoms with Gasteiger partial charge in [-0.25, -0.2) is 0 Å². The van der Waals surface area contributed by atoms with Crippen molar-refractivity contribution < 1.29 is 9.59 Å². The molecule has 33 heavy (non-hydrogen) atoms. The molecule has 0 bridgehead atoms. The molecule has 172 valence electrons. The van der Waals surface area contributed by atoms with Gasteiger partial charge in [0.2, 0.25) is 5.91 Å². The number of aromatic amines is 1. The molecule has 0 radical (unpaired) electrons. The van der Waals surface area contributed by atoms with Crippen molar-refractivity contribution in [1.29, 1.82) is 0 Å². The van der Waals surface area contributed by atoms with Crippen LogP contribution in [0.3, 0.4) is 0 Å². The highest BCUT2D eigenvalue weighted by Gasteiger charge is 2.57. The van der Waals surface area contributed by atoms with Crippen LogP contribution in [-0.2, 0) is 11.3 Å². The van der Waals surface area contributed by atoms with Gasteiger partial charge in [-0.05, 0) is 50.5 Å². The van der Waals surface area contributed by atoms with Crippen molar-refractivity contribution in [1.82, 2.24) is 29.5 Å². The van der Waals surface area contributed by atoms with Crippen molar-refractivity contribution in [2.75, 3.05) is 19.6 Å². The highest BCUT2D eigenvalue weighted by Crippen LogP contribution is 2.50. The first-order valence-electron chi connectivity index (χ1n) is 11.6. The number of hydrogen-bond donors (Lipinski definition) is 1. The van der Waals surface area contributed by atoms with Crippen LogP contribution in [0.1, 0.15) is 60.3 Å². The van der Waals surface area contributed by atoms with Gasteiger partial charge in [-0.3, -0.25) is 19.3 Å². The molecule has 1 spiro atoms. The Labute approximate surface area is 193 Å². The molecule has 2 fully saturated rings. The standard InChI is InChI=1S/C25H30N6O2/c1-18(2)31-22(7-11-28-31)21-16-30(23(32)20-6-10-27-14-20)17-25(21)8-4-12-29(24(25)33)15-19-5-3-9-26-13-19/h3,5-7,9-11,13-14,18,21,27H,4,8,12,15-17H2,1-2H3/t21-,25-/m1/s1. The van der Waals surface area contributed by atoms with Gasteiger partial charge in [-0.2, -0.15) is 5.10 Å². The van der Waals surface area contributed by atoms with Gasteiger partial charge in [0.1, 0.15) is 0 Å². The second-order valence-electron chi connectivity index (χ2n) is 9.48. The number of likely N-dealkylation sites (tertiary alicyclic amines) is 2. The summed E-state index contributed by atoms with van der Waals surface area (Å²) in [6, 6.07) is 7.88. The summed E-state index contributed by atoms with van der Waals surface area (Å²) < 4.78 is 2.00. The summed E-state index contributed by atoms with van der Waals surface area (Å²) in [5, 5.41) is 4.54. The molecule has 2 aliphatic heterocycles. The number of carbonyl (C=O) groups is 2. The normalized spacial score (nSPS) is 23.1. The van der Waals surface area contributed by atoms with Crippen LogP contribution in [0.25, 0.3) is 0 Å². The van der Waals surface area contributed by atoms with E-state index < -0.39 is 5.41 Å². The molecule has 0 unspecified atom stereocenters. The highest BCUT2D eigenvalue weighted by molar-refractivity contribution is 5.95. The summed E-state index contributed by atoms with van der Waals surface area (Å²) in [5.41, 5.74) is 2.02. The third kappa shape index (κ3) is 3.73. The molecular weight excluding hydrogens is 416 g/mol. The van der Waals surface area contributed by atoms with Gasteiger partial charge in [0.15, 0.2) is 0 Å². The first-order valence-corrected chi connectivity index (χ1v) is 11.6. The second-order valence-corrected chi connectivity index (χ2v) is 9.48. The third-order valence-corrected chi connectivity index (χ3v) is 7.08. The lowest BCUT2D eigenvalue weighted by Crippen LogP contribution is -2.52. The number of rotatable bonds is 5. The molecule has 0 saturated carbocycles. The molecule has 1 N–H and O–H groups in total. The Morgan fingerprint density at radius 2 is 2.15 bits per heavy atom. The zero-order chi connectivity index (χ0) is 23.0. The minimum atomic E-state index is -0.654. The zero-order valence-electron chi connectivity index (χ0n) is 19.1. The average Bonchev–Trinajstić information content (AvgIpc) is 3.57. The summed E-state index contributed by atoms with van der Waals surface area (Å²) in [5.74, 6) is -0.0103. The van der Waals surface area contributed by atoms with Crippen LogP contribution < -0.4 is 0 Å². The van der Waals surface area contributed by atoms with Crippen molar-refractivity contribution in [3.63, 3.8) is 0 Å². The lowest BCUT2D eigenvalue weighted by Gasteiger charge is -2.42. The molecule has 2 saturated heterocycles. The van der Waals surface area contributed by atoms with E-state index in [0.29, 0.717) is 25.2 Å².